The summed E-state index contributed by atoms with van der Waals surface area (Å²) in [5, 5.41) is 13.7. The van der Waals surface area contributed by atoms with E-state index in [0.717, 1.165) is 21.5 Å². The van der Waals surface area contributed by atoms with Crippen LogP contribution in [0.15, 0.2) is 83.3 Å². The fraction of sp³-hybridized carbons (Fsp3) is 0.171. The molecule has 0 bridgehead atoms. The fourth-order valence-electron chi connectivity index (χ4n) is 5.32. The lowest BCUT2D eigenvalue weighted by atomic mass is 10.0. The molecule has 0 saturated carbocycles. The van der Waals surface area contributed by atoms with E-state index < -0.39 is 33.3 Å². The van der Waals surface area contributed by atoms with Crippen molar-refractivity contribution in [1.29, 1.82) is 0 Å². The van der Waals surface area contributed by atoms with Gasteiger partial charge in [-0.2, -0.15) is 0 Å². The van der Waals surface area contributed by atoms with Crippen LogP contribution in [0.3, 0.4) is 0 Å². The van der Waals surface area contributed by atoms with E-state index in [4.69, 9.17) is 14.1 Å². The predicted molar refractivity (Wildman–Crippen MR) is 181 cm³/mol. The van der Waals surface area contributed by atoms with Gasteiger partial charge < -0.3 is 24.6 Å². The second-order valence-electron chi connectivity index (χ2n) is 11.7. The lowest BCUT2D eigenvalue weighted by Gasteiger charge is -2.24. The normalized spacial score (nSPS) is 12.0. The number of pyridine rings is 1. The first kappa shape index (κ1) is 32.3. The predicted octanol–water partition coefficient (Wildman–Crippen LogP) is 6.45. The van der Waals surface area contributed by atoms with Crippen LogP contribution >= 0.6 is 0 Å². The van der Waals surface area contributed by atoms with Crippen LogP contribution in [-0.4, -0.2) is 61.3 Å². The molecule has 3 aromatic carbocycles. The highest BCUT2D eigenvalue weighted by molar-refractivity contribution is 7.92. The third-order valence-electron chi connectivity index (χ3n) is 8.00. The summed E-state index contributed by atoms with van der Waals surface area (Å²) >= 11 is 0. The van der Waals surface area contributed by atoms with E-state index in [2.05, 4.69) is 10.3 Å². The monoisotopic (exact) mass is 670 g/mol. The molecule has 0 radical (unpaired) electrons. The summed E-state index contributed by atoms with van der Waals surface area (Å²) in [6, 6.07) is 21.1. The fourth-order valence-corrected chi connectivity index (χ4v) is 5.83. The summed E-state index contributed by atoms with van der Waals surface area (Å²) < 4.78 is 52.8. The van der Waals surface area contributed by atoms with E-state index in [0.29, 0.717) is 27.9 Å². The number of carboxylic acids is 1. The second-order valence-corrected chi connectivity index (χ2v) is 13.7. The number of nitrogens with one attached hydrogen (secondary N) is 2. The molecule has 13 heteroatoms. The summed E-state index contributed by atoms with van der Waals surface area (Å²) in [7, 11) is -0.961. The first-order valence-electron chi connectivity index (χ1n) is 14.7. The van der Waals surface area contributed by atoms with Gasteiger partial charge in [0.1, 0.15) is 28.6 Å². The van der Waals surface area contributed by atoms with Crippen LogP contribution in [0, 0.1) is 5.82 Å². The van der Waals surface area contributed by atoms with E-state index >= 15 is 0 Å². The molecule has 3 aromatic heterocycles. The van der Waals surface area contributed by atoms with Gasteiger partial charge in [0.05, 0.1) is 28.9 Å². The number of rotatable bonds is 9. The van der Waals surface area contributed by atoms with Crippen molar-refractivity contribution in [2.75, 3.05) is 24.7 Å². The highest BCUT2D eigenvalue weighted by Gasteiger charge is 2.32. The number of amides is 1. The molecule has 1 amide bonds. The number of fused-ring (bicyclic) bond motifs is 2. The number of para-hydroxylation sites is 1. The second kappa shape index (κ2) is 11.8. The number of benzene rings is 3. The van der Waals surface area contributed by atoms with Gasteiger partial charge in [-0.15, -0.1) is 0 Å². The summed E-state index contributed by atoms with van der Waals surface area (Å²) in [6.45, 7) is 2.84. The molecule has 0 unspecified atom stereocenters. The Labute approximate surface area is 275 Å². The topological polar surface area (TPSA) is 155 Å². The number of aromatic nitrogens is 2. The van der Waals surface area contributed by atoms with Gasteiger partial charge >= 0.3 is 5.97 Å². The minimum atomic E-state index is -3.81. The van der Waals surface area contributed by atoms with Crippen molar-refractivity contribution in [3.63, 3.8) is 0 Å². The number of furan rings is 1. The maximum atomic E-state index is 13.8. The molecule has 0 aliphatic heterocycles. The van der Waals surface area contributed by atoms with Crippen LogP contribution in [-0.2, 0) is 14.8 Å². The van der Waals surface area contributed by atoms with Gasteiger partial charge in [-0.05, 0) is 68.4 Å². The lowest BCUT2D eigenvalue weighted by Crippen LogP contribution is -2.38. The smallest absolute Gasteiger partial charge is 0.347 e. The molecule has 0 aliphatic rings. The van der Waals surface area contributed by atoms with Crippen LogP contribution in [0.4, 0.5) is 10.1 Å². The van der Waals surface area contributed by atoms with Crippen LogP contribution in [0.25, 0.3) is 55.8 Å². The molecule has 246 valence electrons. The number of carboxylic acid groups (broad SMARTS) is 1. The molecule has 6 aromatic rings. The number of ether oxygens (including phenoxy) is 1. The Morgan fingerprint density at radius 2 is 1.75 bits per heavy atom. The molecule has 0 saturated heterocycles. The van der Waals surface area contributed by atoms with Crippen LogP contribution in [0.1, 0.15) is 24.2 Å². The van der Waals surface area contributed by atoms with E-state index in [-0.39, 0.29) is 34.0 Å². The molecule has 3 N–H and O–H groups in total. The number of halogens is 1. The average Bonchev–Trinajstić information content (AvgIpc) is 3.65. The van der Waals surface area contributed by atoms with Crippen LogP contribution in [0.5, 0.6) is 5.75 Å². The molecule has 3 heterocycles. The highest BCUT2D eigenvalue weighted by atomic mass is 32.2. The summed E-state index contributed by atoms with van der Waals surface area (Å²) in [5.41, 5.74) is 1.63. The minimum Gasteiger partial charge on any atom is -0.478 e. The van der Waals surface area contributed by atoms with Crippen molar-refractivity contribution >= 4 is 49.5 Å². The number of sulfonamides is 1. The van der Waals surface area contributed by atoms with E-state index in [1.807, 2.05) is 30.3 Å². The zero-order valence-electron chi connectivity index (χ0n) is 26.6. The Kier molecular flexibility index (Phi) is 7.95. The number of hydrogen-bond acceptors (Lipinski definition) is 7. The highest BCUT2D eigenvalue weighted by Crippen LogP contribution is 2.42. The van der Waals surface area contributed by atoms with Gasteiger partial charge in [-0.1, -0.05) is 18.2 Å². The summed E-state index contributed by atoms with van der Waals surface area (Å²) in [4.78, 5) is 33.5. The van der Waals surface area contributed by atoms with E-state index in [9.17, 15) is 27.5 Å². The first-order valence-corrected chi connectivity index (χ1v) is 16.6. The quantitative estimate of drug-likeness (QED) is 0.159. The SMILES string of the molecule is CNC(=O)c1c(-c2ccc(F)cc2)oc2cc(N(C)S(C)(=O)=O)c(-c3ccc(OC(C)(C)C(=O)O)c(-c4cc5ccccc5[nH]4)n3)cc12. The van der Waals surface area contributed by atoms with E-state index in [1.165, 1.54) is 58.3 Å². The van der Waals surface area contributed by atoms with Crippen molar-refractivity contribution in [2.24, 2.45) is 0 Å². The molecule has 0 atom stereocenters. The molecular formula is C35H31FN4O7S. The third-order valence-corrected chi connectivity index (χ3v) is 9.19. The lowest BCUT2D eigenvalue weighted by molar-refractivity contribution is -0.152. The van der Waals surface area contributed by atoms with Crippen molar-refractivity contribution in [3.8, 4) is 39.7 Å². The average molecular weight is 671 g/mol. The molecule has 6 rings (SSSR count). The molecular weight excluding hydrogens is 639 g/mol. The van der Waals surface area contributed by atoms with Crippen molar-refractivity contribution in [1.82, 2.24) is 15.3 Å². The Morgan fingerprint density at radius 1 is 1.04 bits per heavy atom. The number of aromatic amines is 1. The number of carbonyl (C=O) groups excluding carboxylic acids is 1. The summed E-state index contributed by atoms with van der Waals surface area (Å²) in [5.74, 6) is -1.79. The van der Waals surface area contributed by atoms with Crippen LogP contribution < -0.4 is 14.4 Å². The zero-order chi connectivity index (χ0) is 34.5. The van der Waals surface area contributed by atoms with Crippen molar-refractivity contribution in [2.45, 2.75) is 19.4 Å². The number of H-pyrrole nitrogens is 1. The molecule has 0 aliphatic carbocycles. The van der Waals surface area contributed by atoms with Gasteiger partial charge in [0, 0.05) is 47.6 Å². The van der Waals surface area contributed by atoms with Gasteiger partial charge in [0.15, 0.2) is 5.60 Å². The van der Waals surface area contributed by atoms with Gasteiger partial charge in [-0.3, -0.25) is 9.10 Å². The van der Waals surface area contributed by atoms with Crippen molar-refractivity contribution in [3.05, 3.63) is 90.2 Å². The third kappa shape index (κ3) is 5.84. The standard InChI is InChI=1S/C35H31FN4O7S/c1-35(2,34(42)43)47-28-15-14-25(39-31(28)26-16-20-8-6-7-9-24(20)38-26)22-17-23-29(18-27(22)40(4)48(5,44)45)46-32(30(23)33(41)37-3)19-10-12-21(36)13-11-19/h6-18,38H,1-5H3,(H,37,41)(H,42,43). The summed E-state index contributed by atoms with van der Waals surface area (Å²) in [6.07, 6.45) is 1.05. The largest absolute Gasteiger partial charge is 0.478 e. The maximum Gasteiger partial charge on any atom is 0.347 e. The maximum absolute atomic E-state index is 13.8. The van der Waals surface area contributed by atoms with Gasteiger partial charge in [0.2, 0.25) is 10.0 Å². The molecule has 11 nitrogen and oxygen atoms in total. The van der Waals surface area contributed by atoms with Gasteiger partial charge in [-0.25, -0.2) is 22.6 Å². The Balaban J connectivity index is 1.64. The number of aliphatic carboxylic acids is 1. The molecule has 0 fully saturated rings. The first-order chi connectivity index (χ1) is 22.7. The molecule has 0 spiro atoms. The number of anilines is 1. The number of hydrogen-bond donors (Lipinski definition) is 3. The van der Waals surface area contributed by atoms with Crippen LogP contribution in [0.2, 0.25) is 0 Å². The van der Waals surface area contributed by atoms with Gasteiger partial charge in [0.25, 0.3) is 5.91 Å². The zero-order valence-corrected chi connectivity index (χ0v) is 27.4. The Bertz CT molecular complexity index is 2310. The molecule has 48 heavy (non-hydrogen) atoms. The Hall–Kier alpha value is -5.69. The number of nitrogens with zero attached hydrogens (tertiary/aromatic N) is 2. The minimum absolute atomic E-state index is 0.160. The van der Waals surface area contributed by atoms with E-state index in [1.54, 1.807) is 18.2 Å². The number of carbonyl (C=O) groups is 2. The van der Waals surface area contributed by atoms with Crippen molar-refractivity contribution < 1.29 is 36.7 Å². The Morgan fingerprint density at radius 3 is 2.40 bits per heavy atom.